The van der Waals surface area contributed by atoms with Gasteiger partial charge in [-0.2, -0.15) is 18.2 Å². The van der Waals surface area contributed by atoms with Crippen LogP contribution in [0.4, 0.5) is 13.2 Å². The van der Waals surface area contributed by atoms with Crippen molar-refractivity contribution in [3.63, 3.8) is 0 Å². The Labute approximate surface area is 209 Å². The molecule has 1 atom stereocenters. The Kier molecular flexibility index (Phi) is 7.48. The summed E-state index contributed by atoms with van der Waals surface area (Å²) in [6, 6.07) is 2.86. The molecule has 4 rings (SSSR count). The molecule has 0 bridgehead atoms. The van der Waals surface area contributed by atoms with Crippen molar-refractivity contribution in [3.05, 3.63) is 61.8 Å². The number of halogens is 3. The van der Waals surface area contributed by atoms with Crippen molar-refractivity contribution in [2.45, 2.75) is 64.5 Å². The van der Waals surface area contributed by atoms with Gasteiger partial charge in [-0.3, -0.25) is 4.79 Å². The van der Waals surface area contributed by atoms with Crippen molar-refractivity contribution in [2.24, 2.45) is 4.99 Å². The molecule has 188 valence electrons. The largest absolute Gasteiger partial charge is 0.486 e. The highest BCUT2D eigenvalue weighted by molar-refractivity contribution is 7.09. The standard InChI is InChI=1S/C24H26F3N3O3S2/c1-23(2,3)19-13-30(12-16-5-4-9-32-16)22(35-19)29-21(31)17-11-15(24(25,26)27)6-7-18(17)33-14-20-28-8-10-34-20/h6-8,10-11,13,16H,4-5,9,12,14H2,1-3H3/t16-/m1/s1. The highest BCUT2D eigenvalue weighted by atomic mass is 32.1. The number of nitrogens with zero attached hydrogens (tertiary/aromatic N) is 3. The van der Waals surface area contributed by atoms with E-state index in [4.69, 9.17) is 9.47 Å². The molecule has 0 aliphatic carbocycles. The molecule has 6 nitrogen and oxygen atoms in total. The van der Waals surface area contributed by atoms with Gasteiger partial charge in [-0.1, -0.05) is 20.8 Å². The van der Waals surface area contributed by atoms with E-state index >= 15 is 0 Å². The minimum absolute atomic E-state index is 0.0113. The molecule has 1 aliphatic heterocycles. The van der Waals surface area contributed by atoms with E-state index in [1.165, 1.54) is 22.7 Å². The van der Waals surface area contributed by atoms with Gasteiger partial charge in [0.2, 0.25) is 0 Å². The highest BCUT2D eigenvalue weighted by Gasteiger charge is 2.32. The second-order valence-electron chi connectivity index (χ2n) is 9.26. The number of rotatable bonds is 6. The van der Waals surface area contributed by atoms with Crippen LogP contribution in [-0.4, -0.2) is 28.2 Å². The lowest BCUT2D eigenvalue weighted by atomic mass is 9.95. The normalized spacial score (nSPS) is 17.2. The molecule has 35 heavy (non-hydrogen) atoms. The van der Waals surface area contributed by atoms with Crippen LogP contribution in [0.1, 0.15) is 59.4 Å². The third kappa shape index (κ3) is 6.39. The summed E-state index contributed by atoms with van der Waals surface area (Å²) in [5.74, 6) is -0.770. The molecule has 0 unspecified atom stereocenters. The average molecular weight is 526 g/mol. The maximum absolute atomic E-state index is 13.4. The first-order valence-corrected chi connectivity index (χ1v) is 12.8. The molecule has 1 amide bonds. The van der Waals surface area contributed by atoms with Crippen molar-refractivity contribution in [2.75, 3.05) is 6.61 Å². The fourth-order valence-electron chi connectivity index (χ4n) is 3.56. The van der Waals surface area contributed by atoms with Gasteiger partial charge >= 0.3 is 6.18 Å². The number of ether oxygens (including phenoxy) is 2. The van der Waals surface area contributed by atoms with Crippen molar-refractivity contribution < 1.29 is 27.4 Å². The van der Waals surface area contributed by atoms with Gasteiger partial charge in [0.25, 0.3) is 5.91 Å². The zero-order chi connectivity index (χ0) is 25.2. The zero-order valence-corrected chi connectivity index (χ0v) is 21.2. The van der Waals surface area contributed by atoms with Crippen LogP contribution < -0.4 is 9.54 Å². The number of carbonyl (C=O) groups is 1. The van der Waals surface area contributed by atoms with E-state index in [1.807, 2.05) is 10.8 Å². The van der Waals surface area contributed by atoms with Crippen LogP contribution in [0.25, 0.3) is 0 Å². The van der Waals surface area contributed by atoms with Gasteiger partial charge in [-0.25, -0.2) is 4.98 Å². The molecule has 0 saturated carbocycles. The van der Waals surface area contributed by atoms with E-state index in [9.17, 15) is 18.0 Å². The van der Waals surface area contributed by atoms with Crippen LogP contribution in [0.3, 0.4) is 0 Å². The van der Waals surface area contributed by atoms with E-state index < -0.39 is 17.6 Å². The summed E-state index contributed by atoms with van der Waals surface area (Å²) >= 11 is 2.70. The van der Waals surface area contributed by atoms with Crippen LogP contribution in [-0.2, 0) is 29.5 Å². The Morgan fingerprint density at radius 2 is 2.11 bits per heavy atom. The number of alkyl halides is 3. The quantitative estimate of drug-likeness (QED) is 0.407. The molecule has 0 radical (unpaired) electrons. The van der Waals surface area contributed by atoms with Crippen LogP contribution in [0.2, 0.25) is 0 Å². The average Bonchev–Trinajstić information content (AvgIpc) is 3.54. The first kappa shape index (κ1) is 25.6. The third-order valence-corrected chi connectivity index (χ3v) is 7.65. The number of benzene rings is 1. The lowest BCUT2D eigenvalue weighted by Crippen LogP contribution is -2.23. The van der Waals surface area contributed by atoms with Gasteiger partial charge in [-0.15, -0.1) is 22.7 Å². The molecule has 3 heterocycles. The van der Waals surface area contributed by atoms with Crippen molar-refractivity contribution >= 4 is 28.6 Å². The number of hydrogen-bond donors (Lipinski definition) is 0. The summed E-state index contributed by atoms with van der Waals surface area (Å²) in [5, 5.41) is 2.41. The molecule has 1 aliphatic rings. The number of amides is 1. The number of aromatic nitrogens is 2. The van der Waals surface area contributed by atoms with Crippen LogP contribution in [0.15, 0.2) is 41.0 Å². The molecular formula is C24H26F3N3O3S2. The molecule has 1 fully saturated rings. The SMILES string of the molecule is CC(C)(C)c1cn(C[C@H]2CCCO2)c(=NC(=O)c2cc(C(F)(F)F)ccc2OCc2nccs2)s1. The van der Waals surface area contributed by atoms with Crippen molar-refractivity contribution in [3.8, 4) is 5.75 Å². The Bertz CT molecular complexity index is 1240. The molecule has 0 spiro atoms. The fourth-order valence-corrected chi connectivity index (χ4v) is 5.15. The second kappa shape index (κ2) is 10.2. The summed E-state index contributed by atoms with van der Waals surface area (Å²) < 4.78 is 53.5. The fraction of sp³-hybridized carbons (Fsp3) is 0.458. The third-order valence-electron chi connectivity index (χ3n) is 5.45. The molecule has 3 aromatic rings. The summed E-state index contributed by atoms with van der Waals surface area (Å²) in [5.41, 5.74) is -1.37. The summed E-state index contributed by atoms with van der Waals surface area (Å²) in [6.45, 7) is 7.41. The second-order valence-corrected chi connectivity index (χ2v) is 11.2. The molecule has 11 heteroatoms. The van der Waals surface area contributed by atoms with Gasteiger partial charge in [0.1, 0.15) is 17.4 Å². The smallest absolute Gasteiger partial charge is 0.416 e. The number of thiazole rings is 2. The molecule has 0 N–H and O–H groups in total. The highest BCUT2D eigenvalue weighted by Crippen LogP contribution is 2.33. The van der Waals surface area contributed by atoms with Gasteiger partial charge in [0, 0.05) is 29.3 Å². The minimum Gasteiger partial charge on any atom is -0.486 e. The van der Waals surface area contributed by atoms with E-state index in [-0.39, 0.29) is 29.4 Å². The topological polar surface area (TPSA) is 65.7 Å². The molecule has 1 saturated heterocycles. The zero-order valence-electron chi connectivity index (χ0n) is 19.6. The number of carbonyl (C=O) groups excluding carboxylic acids is 1. The molecular weight excluding hydrogens is 499 g/mol. The first-order chi connectivity index (χ1) is 16.5. The minimum atomic E-state index is -4.61. The number of hydrogen-bond acceptors (Lipinski definition) is 6. The van der Waals surface area contributed by atoms with Crippen molar-refractivity contribution in [1.82, 2.24) is 9.55 Å². The van der Waals surface area contributed by atoms with Crippen LogP contribution in [0.5, 0.6) is 5.75 Å². The van der Waals surface area contributed by atoms with Gasteiger partial charge in [-0.05, 0) is 36.5 Å². The Hall–Kier alpha value is -2.50. The summed E-state index contributed by atoms with van der Waals surface area (Å²) in [7, 11) is 0. The van der Waals surface area contributed by atoms with Crippen LogP contribution >= 0.6 is 22.7 Å². The van der Waals surface area contributed by atoms with E-state index in [0.717, 1.165) is 35.9 Å². The van der Waals surface area contributed by atoms with E-state index in [1.54, 1.807) is 11.6 Å². The Morgan fingerprint density at radius 1 is 1.31 bits per heavy atom. The maximum atomic E-state index is 13.4. The Balaban J connectivity index is 1.72. The monoisotopic (exact) mass is 525 g/mol. The Morgan fingerprint density at radius 3 is 2.74 bits per heavy atom. The lowest BCUT2D eigenvalue weighted by molar-refractivity contribution is -0.137. The van der Waals surface area contributed by atoms with Crippen molar-refractivity contribution in [1.29, 1.82) is 0 Å². The van der Waals surface area contributed by atoms with Gasteiger partial charge in [0.15, 0.2) is 4.80 Å². The molecule has 2 aromatic heterocycles. The van der Waals surface area contributed by atoms with Gasteiger partial charge < -0.3 is 14.0 Å². The predicted molar refractivity (Wildman–Crippen MR) is 128 cm³/mol. The van der Waals surface area contributed by atoms with Gasteiger partial charge in [0.05, 0.1) is 23.8 Å². The van der Waals surface area contributed by atoms with Crippen LogP contribution in [0, 0.1) is 0 Å². The molecule has 1 aromatic carbocycles. The maximum Gasteiger partial charge on any atom is 0.416 e. The summed E-state index contributed by atoms with van der Waals surface area (Å²) in [4.78, 5) is 23.0. The summed E-state index contributed by atoms with van der Waals surface area (Å²) in [6.07, 6.45) is 0.834. The predicted octanol–water partition coefficient (Wildman–Crippen LogP) is 5.82. The first-order valence-electron chi connectivity index (χ1n) is 11.1. The lowest BCUT2D eigenvalue weighted by Gasteiger charge is -2.15. The van der Waals surface area contributed by atoms with E-state index in [2.05, 4.69) is 30.7 Å². The van der Waals surface area contributed by atoms with E-state index in [0.29, 0.717) is 23.0 Å².